The maximum Gasteiger partial charge on any atom is 0.303 e. The summed E-state index contributed by atoms with van der Waals surface area (Å²) in [6, 6.07) is 3.27. The Morgan fingerprint density at radius 1 is 1.58 bits per heavy atom. The van der Waals surface area contributed by atoms with Crippen molar-refractivity contribution in [1.29, 1.82) is 0 Å². The van der Waals surface area contributed by atoms with Crippen LogP contribution in [-0.2, 0) is 16.1 Å². The van der Waals surface area contributed by atoms with Gasteiger partial charge in [-0.05, 0) is 42.4 Å². The number of carboxylic acid groups (broad SMARTS) is 1. The second-order valence-corrected chi connectivity index (χ2v) is 5.79. The monoisotopic (exact) mass is 330 g/mol. The van der Waals surface area contributed by atoms with Crippen molar-refractivity contribution in [2.75, 3.05) is 7.11 Å². The average molecular weight is 331 g/mol. The van der Waals surface area contributed by atoms with Gasteiger partial charge < -0.3 is 9.84 Å². The number of hydrogen-bond donors (Lipinski definition) is 1. The third-order valence-electron chi connectivity index (χ3n) is 3.47. The van der Waals surface area contributed by atoms with E-state index in [1.165, 1.54) is 13.2 Å². The van der Waals surface area contributed by atoms with E-state index in [9.17, 15) is 9.18 Å². The Balaban J connectivity index is 2.30. The molecule has 1 fully saturated rings. The van der Waals surface area contributed by atoms with Crippen LogP contribution in [0, 0.1) is 11.7 Å². The molecule has 1 aliphatic carbocycles. The van der Waals surface area contributed by atoms with E-state index in [1.54, 1.807) is 0 Å². The van der Waals surface area contributed by atoms with Gasteiger partial charge in [-0.1, -0.05) is 15.9 Å². The molecular weight excluding hydrogens is 315 g/mol. The Hall–Kier alpha value is -0.940. The number of carbonyl (C=O) groups is 1. The van der Waals surface area contributed by atoms with Crippen molar-refractivity contribution < 1.29 is 19.0 Å². The summed E-state index contributed by atoms with van der Waals surface area (Å²) < 4.78 is 19.6. The summed E-state index contributed by atoms with van der Waals surface area (Å²) in [6.45, 7) is 0.194. The number of aliphatic carboxylic acids is 1. The maximum atomic E-state index is 14.0. The van der Waals surface area contributed by atoms with Gasteiger partial charge in [-0.25, -0.2) is 4.39 Å². The quantitative estimate of drug-likeness (QED) is 0.864. The molecule has 0 bridgehead atoms. The first kappa shape index (κ1) is 14.5. The van der Waals surface area contributed by atoms with Crippen LogP contribution in [0.2, 0.25) is 0 Å². The molecular formula is C14H16BrFO3. The highest BCUT2D eigenvalue weighted by atomic mass is 79.9. The number of rotatable bonds is 6. The van der Waals surface area contributed by atoms with Gasteiger partial charge in [0.05, 0.1) is 13.0 Å². The highest BCUT2D eigenvalue weighted by Gasteiger charge is 2.34. The van der Waals surface area contributed by atoms with Crippen LogP contribution < -0.4 is 0 Å². The molecule has 1 N–H and O–H groups in total. The minimum atomic E-state index is -0.839. The third kappa shape index (κ3) is 3.54. The Kier molecular flexibility index (Phi) is 4.58. The summed E-state index contributed by atoms with van der Waals surface area (Å²) in [4.78, 5) is 10.9. The van der Waals surface area contributed by atoms with Gasteiger partial charge in [0.25, 0.3) is 0 Å². The normalized spacial score (nSPS) is 16.4. The Morgan fingerprint density at radius 3 is 2.74 bits per heavy atom. The molecule has 0 aliphatic heterocycles. The molecule has 19 heavy (non-hydrogen) atoms. The molecule has 1 aliphatic rings. The zero-order valence-electron chi connectivity index (χ0n) is 10.7. The first-order chi connectivity index (χ1) is 9.02. The van der Waals surface area contributed by atoms with E-state index >= 15 is 0 Å². The van der Waals surface area contributed by atoms with Crippen LogP contribution in [0.1, 0.15) is 36.3 Å². The highest BCUT2D eigenvalue weighted by Crippen LogP contribution is 2.45. The van der Waals surface area contributed by atoms with Crippen LogP contribution in [0.4, 0.5) is 4.39 Å². The van der Waals surface area contributed by atoms with E-state index in [1.807, 2.05) is 6.07 Å². The number of ether oxygens (including phenoxy) is 1. The largest absolute Gasteiger partial charge is 0.481 e. The SMILES string of the molecule is COCc1c(F)cc(C(CC(=O)O)C2CC2)cc1Br. The Bertz CT molecular complexity index is 463. The highest BCUT2D eigenvalue weighted by molar-refractivity contribution is 9.10. The summed E-state index contributed by atoms with van der Waals surface area (Å²) in [5, 5.41) is 8.97. The molecule has 1 aromatic rings. The van der Waals surface area contributed by atoms with Gasteiger partial charge in [0.15, 0.2) is 0 Å². The molecule has 1 unspecified atom stereocenters. The topological polar surface area (TPSA) is 46.5 Å². The predicted octanol–water partition coefficient (Wildman–Crippen LogP) is 3.70. The van der Waals surface area contributed by atoms with Gasteiger partial charge in [0, 0.05) is 17.1 Å². The summed E-state index contributed by atoms with van der Waals surface area (Å²) in [5.74, 6) is -0.910. The standard InChI is InChI=1S/C14H16BrFO3/c1-19-7-11-12(15)4-9(5-13(11)16)10(6-14(17)18)8-2-3-8/h4-5,8,10H,2-3,6-7H2,1H3,(H,17,18). The summed E-state index contributed by atoms with van der Waals surface area (Å²) in [6.07, 6.45) is 2.11. The van der Waals surface area contributed by atoms with Gasteiger partial charge in [0.1, 0.15) is 5.82 Å². The van der Waals surface area contributed by atoms with Crippen LogP contribution in [0.15, 0.2) is 16.6 Å². The molecule has 1 atom stereocenters. The lowest BCUT2D eigenvalue weighted by Gasteiger charge is -2.16. The minimum absolute atomic E-state index is 0.0557. The molecule has 0 spiro atoms. The molecule has 2 rings (SSSR count). The molecule has 5 heteroatoms. The van der Waals surface area contributed by atoms with Crippen molar-refractivity contribution in [2.24, 2.45) is 5.92 Å². The average Bonchev–Trinajstić information content (AvgIpc) is 3.14. The lowest BCUT2D eigenvalue weighted by molar-refractivity contribution is -0.137. The minimum Gasteiger partial charge on any atom is -0.481 e. The van der Waals surface area contributed by atoms with Crippen molar-refractivity contribution in [3.05, 3.63) is 33.5 Å². The van der Waals surface area contributed by atoms with E-state index in [4.69, 9.17) is 9.84 Å². The molecule has 3 nitrogen and oxygen atoms in total. The van der Waals surface area contributed by atoms with Crippen LogP contribution in [0.3, 0.4) is 0 Å². The molecule has 0 aromatic heterocycles. The predicted molar refractivity (Wildman–Crippen MR) is 72.5 cm³/mol. The zero-order chi connectivity index (χ0) is 14.0. The third-order valence-corrected chi connectivity index (χ3v) is 4.17. The fourth-order valence-corrected chi connectivity index (χ4v) is 2.93. The van der Waals surface area contributed by atoms with Crippen LogP contribution in [-0.4, -0.2) is 18.2 Å². The molecule has 0 heterocycles. The van der Waals surface area contributed by atoms with Crippen LogP contribution in [0.5, 0.6) is 0 Å². The molecule has 1 aromatic carbocycles. The summed E-state index contributed by atoms with van der Waals surface area (Å²) in [5.41, 5.74) is 1.23. The fraction of sp³-hybridized carbons (Fsp3) is 0.500. The van der Waals surface area contributed by atoms with Crippen molar-refractivity contribution in [2.45, 2.75) is 31.8 Å². The van der Waals surface area contributed by atoms with Gasteiger partial charge >= 0.3 is 5.97 Å². The Morgan fingerprint density at radius 2 is 2.26 bits per heavy atom. The second-order valence-electron chi connectivity index (χ2n) is 4.94. The molecule has 0 amide bonds. The number of carboxylic acids is 1. The van der Waals surface area contributed by atoms with Gasteiger partial charge in [-0.3, -0.25) is 4.79 Å². The fourth-order valence-electron chi connectivity index (χ4n) is 2.36. The van der Waals surface area contributed by atoms with Gasteiger partial charge in [-0.15, -0.1) is 0 Å². The van der Waals surface area contributed by atoms with Crippen LogP contribution >= 0.6 is 15.9 Å². The Labute approximate surface area is 119 Å². The van der Waals surface area contributed by atoms with E-state index in [0.29, 0.717) is 16.0 Å². The summed E-state index contributed by atoms with van der Waals surface area (Å²) in [7, 11) is 1.51. The van der Waals surface area contributed by atoms with Crippen molar-refractivity contribution in [1.82, 2.24) is 0 Å². The van der Waals surface area contributed by atoms with E-state index in [-0.39, 0.29) is 24.8 Å². The number of benzene rings is 1. The van der Waals surface area contributed by atoms with E-state index in [2.05, 4.69) is 15.9 Å². The van der Waals surface area contributed by atoms with Gasteiger partial charge in [-0.2, -0.15) is 0 Å². The second kappa shape index (κ2) is 6.01. The van der Waals surface area contributed by atoms with E-state index in [0.717, 1.165) is 18.4 Å². The van der Waals surface area contributed by atoms with Crippen molar-refractivity contribution in [3.8, 4) is 0 Å². The molecule has 0 saturated heterocycles. The lowest BCUT2D eigenvalue weighted by Crippen LogP contribution is -2.09. The summed E-state index contributed by atoms with van der Waals surface area (Å²) >= 11 is 3.34. The first-order valence-electron chi connectivity index (χ1n) is 6.21. The number of hydrogen-bond acceptors (Lipinski definition) is 2. The van der Waals surface area contributed by atoms with Gasteiger partial charge in [0.2, 0.25) is 0 Å². The smallest absolute Gasteiger partial charge is 0.303 e. The maximum absolute atomic E-state index is 14.0. The molecule has 1 saturated carbocycles. The zero-order valence-corrected chi connectivity index (χ0v) is 12.2. The van der Waals surface area contributed by atoms with Crippen molar-refractivity contribution >= 4 is 21.9 Å². The molecule has 0 radical (unpaired) electrons. The first-order valence-corrected chi connectivity index (χ1v) is 7.00. The van der Waals surface area contributed by atoms with Crippen LogP contribution in [0.25, 0.3) is 0 Å². The molecule has 104 valence electrons. The van der Waals surface area contributed by atoms with E-state index < -0.39 is 5.97 Å². The number of halogens is 2. The number of methoxy groups -OCH3 is 1. The van der Waals surface area contributed by atoms with Crippen molar-refractivity contribution in [3.63, 3.8) is 0 Å². The lowest BCUT2D eigenvalue weighted by atomic mass is 9.90.